The molecule has 16 heavy (non-hydrogen) atoms. The molecule has 0 heterocycles. The van der Waals surface area contributed by atoms with E-state index in [9.17, 15) is 8.78 Å². The zero-order chi connectivity index (χ0) is 12.1. The second-order valence-electron chi connectivity index (χ2n) is 3.32. The molecule has 90 valence electrons. The summed E-state index contributed by atoms with van der Waals surface area (Å²) >= 11 is 0. The van der Waals surface area contributed by atoms with Crippen molar-refractivity contribution in [3.63, 3.8) is 0 Å². The van der Waals surface area contributed by atoms with Gasteiger partial charge in [0.2, 0.25) is 0 Å². The average molecular weight is 232 g/mol. The van der Waals surface area contributed by atoms with Crippen LogP contribution in [0.5, 0.6) is 5.75 Å². The van der Waals surface area contributed by atoms with E-state index in [1.807, 2.05) is 0 Å². The Hall–Kier alpha value is -1.20. The number of rotatable bonds is 5. The summed E-state index contributed by atoms with van der Waals surface area (Å²) in [6, 6.07) is 2.08. The largest absolute Gasteiger partial charge is 0.491 e. The highest BCUT2D eigenvalue weighted by Gasteiger charge is 2.15. The number of benzene rings is 1. The van der Waals surface area contributed by atoms with Gasteiger partial charge >= 0.3 is 0 Å². The minimum absolute atomic E-state index is 0.0800. The van der Waals surface area contributed by atoms with Crippen molar-refractivity contribution in [1.82, 2.24) is 0 Å². The SMILES string of the molecule is COCCOc1cc(F)c(C(C)O)c(F)c1. The lowest BCUT2D eigenvalue weighted by Gasteiger charge is -2.11. The van der Waals surface area contributed by atoms with Crippen LogP contribution < -0.4 is 4.74 Å². The Morgan fingerprint density at radius 3 is 2.25 bits per heavy atom. The predicted octanol–water partition coefficient (Wildman–Crippen LogP) is 2.04. The van der Waals surface area contributed by atoms with Crippen molar-refractivity contribution in [1.29, 1.82) is 0 Å². The van der Waals surface area contributed by atoms with Gasteiger partial charge in [0, 0.05) is 19.2 Å². The van der Waals surface area contributed by atoms with Gasteiger partial charge in [-0.1, -0.05) is 0 Å². The molecule has 0 amide bonds. The molecule has 1 unspecified atom stereocenters. The first-order valence-corrected chi connectivity index (χ1v) is 4.85. The van der Waals surface area contributed by atoms with Gasteiger partial charge < -0.3 is 14.6 Å². The first-order valence-electron chi connectivity index (χ1n) is 4.85. The summed E-state index contributed by atoms with van der Waals surface area (Å²) in [5.41, 5.74) is -0.348. The molecule has 0 aliphatic carbocycles. The number of halogens is 2. The first-order chi connectivity index (χ1) is 7.56. The fourth-order valence-corrected chi connectivity index (χ4v) is 1.29. The van der Waals surface area contributed by atoms with E-state index in [-0.39, 0.29) is 17.9 Å². The minimum atomic E-state index is -1.19. The lowest BCUT2D eigenvalue weighted by Crippen LogP contribution is -2.06. The Labute approximate surface area is 92.6 Å². The zero-order valence-corrected chi connectivity index (χ0v) is 9.17. The predicted molar refractivity (Wildman–Crippen MR) is 54.4 cm³/mol. The quantitative estimate of drug-likeness (QED) is 0.789. The number of ether oxygens (including phenoxy) is 2. The molecule has 0 bridgehead atoms. The Balaban J connectivity index is 2.83. The number of aliphatic hydroxyl groups is 1. The summed E-state index contributed by atoms with van der Waals surface area (Å²) in [5, 5.41) is 9.15. The third kappa shape index (κ3) is 3.15. The van der Waals surface area contributed by atoms with Gasteiger partial charge in [0.05, 0.1) is 18.3 Å². The van der Waals surface area contributed by atoms with Crippen LogP contribution in [0.4, 0.5) is 8.78 Å². The molecule has 1 aromatic rings. The van der Waals surface area contributed by atoms with Crippen LogP contribution >= 0.6 is 0 Å². The van der Waals surface area contributed by atoms with E-state index in [4.69, 9.17) is 14.6 Å². The highest BCUT2D eigenvalue weighted by atomic mass is 19.1. The summed E-state index contributed by atoms with van der Waals surface area (Å²) in [5.74, 6) is -1.55. The van der Waals surface area contributed by atoms with Crippen LogP contribution in [0.2, 0.25) is 0 Å². The molecule has 0 fully saturated rings. The van der Waals surface area contributed by atoms with Crippen LogP contribution in [0.15, 0.2) is 12.1 Å². The molecule has 0 aliphatic rings. The molecule has 0 radical (unpaired) electrons. The minimum Gasteiger partial charge on any atom is -0.491 e. The second kappa shape index (κ2) is 5.77. The first kappa shape index (κ1) is 12.9. The number of aliphatic hydroxyl groups excluding tert-OH is 1. The van der Waals surface area contributed by atoms with E-state index in [1.165, 1.54) is 14.0 Å². The molecule has 1 atom stereocenters. The highest BCUT2D eigenvalue weighted by Crippen LogP contribution is 2.25. The van der Waals surface area contributed by atoms with Gasteiger partial charge in [-0.25, -0.2) is 8.78 Å². The average Bonchev–Trinajstić information content (AvgIpc) is 2.16. The van der Waals surface area contributed by atoms with E-state index in [0.29, 0.717) is 6.61 Å². The number of methoxy groups -OCH3 is 1. The third-order valence-corrected chi connectivity index (χ3v) is 2.03. The normalized spacial score (nSPS) is 12.6. The zero-order valence-electron chi connectivity index (χ0n) is 9.17. The van der Waals surface area contributed by atoms with E-state index in [2.05, 4.69) is 0 Å². The van der Waals surface area contributed by atoms with E-state index < -0.39 is 17.7 Å². The summed E-state index contributed by atoms with van der Waals surface area (Å²) in [6.07, 6.45) is -1.19. The lowest BCUT2D eigenvalue weighted by molar-refractivity contribution is 0.145. The molecule has 0 saturated heterocycles. The van der Waals surface area contributed by atoms with Crippen LogP contribution in [0, 0.1) is 11.6 Å². The number of hydrogen-bond acceptors (Lipinski definition) is 3. The summed E-state index contributed by atoms with van der Waals surface area (Å²) in [6.45, 7) is 1.84. The summed E-state index contributed by atoms with van der Waals surface area (Å²) in [4.78, 5) is 0. The fourth-order valence-electron chi connectivity index (χ4n) is 1.29. The fraction of sp³-hybridized carbons (Fsp3) is 0.455. The van der Waals surface area contributed by atoms with Crippen molar-refractivity contribution in [3.8, 4) is 5.75 Å². The molecule has 0 aliphatic heterocycles. The van der Waals surface area contributed by atoms with E-state index >= 15 is 0 Å². The monoisotopic (exact) mass is 232 g/mol. The lowest BCUT2D eigenvalue weighted by atomic mass is 10.1. The van der Waals surface area contributed by atoms with Crippen molar-refractivity contribution in [2.24, 2.45) is 0 Å². The molecule has 0 aromatic heterocycles. The summed E-state index contributed by atoms with van der Waals surface area (Å²) < 4.78 is 36.5. The van der Waals surface area contributed by atoms with Gasteiger partial charge in [-0.05, 0) is 6.92 Å². The van der Waals surface area contributed by atoms with Gasteiger partial charge in [-0.3, -0.25) is 0 Å². The van der Waals surface area contributed by atoms with Crippen LogP contribution in [0.25, 0.3) is 0 Å². The Bertz CT molecular complexity index is 330. The maximum absolute atomic E-state index is 13.4. The molecule has 3 nitrogen and oxygen atoms in total. The van der Waals surface area contributed by atoms with Crippen molar-refractivity contribution in [2.75, 3.05) is 20.3 Å². The number of hydrogen-bond donors (Lipinski definition) is 1. The molecule has 0 spiro atoms. The van der Waals surface area contributed by atoms with Crippen molar-refractivity contribution in [2.45, 2.75) is 13.0 Å². The van der Waals surface area contributed by atoms with Gasteiger partial charge in [-0.2, -0.15) is 0 Å². The van der Waals surface area contributed by atoms with Crippen molar-refractivity contribution >= 4 is 0 Å². The Morgan fingerprint density at radius 2 is 1.81 bits per heavy atom. The standard InChI is InChI=1S/C11H14F2O3/c1-7(14)11-9(12)5-8(6-10(11)13)16-4-3-15-2/h5-7,14H,3-4H2,1-2H3. The van der Waals surface area contributed by atoms with Crippen LogP contribution in [-0.2, 0) is 4.74 Å². The van der Waals surface area contributed by atoms with Gasteiger partial charge in [0.25, 0.3) is 0 Å². The smallest absolute Gasteiger partial charge is 0.135 e. The van der Waals surface area contributed by atoms with Gasteiger partial charge in [-0.15, -0.1) is 0 Å². The van der Waals surface area contributed by atoms with Gasteiger partial charge in [0.1, 0.15) is 24.0 Å². The summed E-state index contributed by atoms with van der Waals surface area (Å²) in [7, 11) is 1.50. The third-order valence-electron chi connectivity index (χ3n) is 2.03. The molecule has 1 N–H and O–H groups in total. The molecular weight excluding hydrogens is 218 g/mol. The maximum atomic E-state index is 13.4. The molecule has 1 aromatic carbocycles. The second-order valence-corrected chi connectivity index (χ2v) is 3.32. The molecule has 5 heteroatoms. The Kier molecular flexibility index (Phi) is 4.64. The van der Waals surface area contributed by atoms with Crippen LogP contribution in [0.3, 0.4) is 0 Å². The van der Waals surface area contributed by atoms with Crippen molar-refractivity contribution in [3.05, 3.63) is 29.3 Å². The molecule has 1 rings (SSSR count). The maximum Gasteiger partial charge on any atom is 0.135 e. The van der Waals surface area contributed by atoms with Crippen LogP contribution in [-0.4, -0.2) is 25.4 Å². The molecule has 0 saturated carbocycles. The highest BCUT2D eigenvalue weighted by molar-refractivity contribution is 5.31. The van der Waals surface area contributed by atoms with Crippen molar-refractivity contribution < 1.29 is 23.4 Å². The van der Waals surface area contributed by atoms with Gasteiger partial charge in [0.15, 0.2) is 0 Å². The van der Waals surface area contributed by atoms with E-state index in [0.717, 1.165) is 12.1 Å². The topological polar surface area (TPSA) is 38.7 Å². The van der Waals surface area contributed by atoms with Crippen LogP contribution in [0.1, 0.15) is 18.6 Å². The molecular formula is C11H14F2O3. The van der Waals surface area contributed by atoms with E-state index in [1.54, 1.807) is 0 Å². The Morgan fingerprint density at radius 1 is 1.25 bits per heavy atom.